The minimum Gasteiger partial charge on any atom is -0.329 e. The second kappa shape index (κ2) is 4.99. The van der Waals surface area contributed by atoms with Gasteiger partial charge in [-0.15, -0.1) is 0 Å². The van der Waals surface area contributed by atoms with E-state index in [1.165, 1.54) is 24.3 Å². The lowest BCUT2D eigenvalue weighted by Gasteiger charge is -2.22. The molecule has 0 aromatic heterocycles. The van der Waals surface area contributed by atoms with Crippen LogP contribution in [0.25, 0.3) is 0 Å². The highest BCUT2D eigenvalue weighted by Crippen LogP contribution is 2.16. The summed E-state index contributed by atoms with van der Waals surface area (Å²) in [4.78, 5) is 0. The van der Waals surface area contributed by atoms with Crippen LogP contribution >= 0.6 is 11.8 Å². The Morgan fingerprint density at radius 2 is 2.10 bits per heavy atom. The Hall–Kier alpha value is 0.270. The van der Waals surface area contributed by atoms with Crippen molar-refractivity contribution in [2.45, 2.75) is 18.9 Å². The van der Waals surface area contributed by atoms with Crippen LogP contribution in [0.15, 0.2) is 0 Å². The van der Waals surface area contributed by atoms with Crippen LogP contribution in [0.3, 0.4) is 0 Å². The Morgan fingerprint density at radius 1 is 1.40 bits per heavy atom. The van der Waals surface area contributed by atoms with E-state index in [9.17, 15) is 0 Å². The molecule has 0 spiro atoms. The van der Waals surface area contributed by atoms with Crippen molar-refractivity contribution in [1.29, 1.82) is 0 Å². The molecular weight excluding hydrogens is 144 g/mol. The van der Waals surface area contributed by atoms with Crippen LogP contribution in [0.4, 0.5) is 0 Å². The fourth-order valence-corrected chi connectivity index (χ4v) is 2.30. The van der Waals surface area contributed by atoms with E-state index in [0.717, 1.165) is 19.1 Å². The molecule has 3 heteroatoms. The molecule has 1 aliphatic heterocycles. The van der Waals surface area contributed by atoms with Gasteiger partial charge in [-0.1, -0.05) is 0 Å². The number of nitrogens with two attached hydrogens (primary N) is 1. The topological polar surface area (TPSA) is 38.0 Å². The monoisotopic (exact) mass is 160 g/mol. The zero-order valence-corrected chi connectivity index (χ0v) is 7.12. The molecule has 0 atom stereocenters. The van der Waals surface area contributed by atoms with E-state index in [1.54, 1.807) is 0 Å². The lowest BCUT2D eigenvalue weighted by atomic mass is 10.1. The fraction of sp³-hybridized carbons (Fsp3) is 1.00. The minimum atomic E-state index is 0.754. The van der Waals surface area contributed by atoms with E-state index in [-0.39, 0.29) is 0 Å². The van der Waals surface area contributed by atoms with Crippen molar-refractivity contribution in [3.63, 3.8) is 0 Å². The van der Waals surface area contributed by atoms with Crippen LogP contribution in [-0.2, 0) is 0 Å². The summed E-state index contributed by atoms with van der Waals surface area (Å²) in [6.07, 6.45) is 2.65. The summed E-state index contributed by atoms with van der Waals surface area (Å²) in [5.74, 6) is 2.64. The first kappa shape index (κ1) is 8.37. The molecule has 1 saturated heterocycles. The van der Waals surface area contributed by atoms with Gasteiger partial charge in [-0.2, -0.15) is 11.8 Å². The fourth-order valence-electron chi connectivity index (χ4n) is 1.19. The maximum atomic E-state index is 5.38. The molecule has 1 rings (SSSR count). The predicted molar refractivity (Wildman–Crippen MR) is 47.4 cm³/mol. The molecule has 2 nitrogen and oxygen atoms in total. The van der Waals surface area contributed by atoms with Crippen molar-refractivity contribution in [1.82, 2.24) is 5.32 Å². The zero-order valence-electron chi connectivity index (χ0n) is 6.31. The number of hydrogen-bond donors (Lipinski definition) is 2. The molecule has 0 aromatic carbocycles. The highest BCUT2D eigenvalue weighted by atomic mass is 32.2. The van der Waals surface area contributed by atoms with Gasteiger partial charge in [0.15, 0.2) is 0 Å². The summed E-state index contributed by atoms with van der Waals surface area (Å²) in [5.41, 5.74) is 5.38. The Bertz CT molecular complexity index is 81.7. The largest absolute Gasteiger partial charge is 0.329 e. The lowest BCUT2D eigenvalue weighted by Crippen LogP contribution is -2.35. The molecular formula is C7H16N2S. The minimum absolute atomic E-state index is 0.754. The number of thioether (sulfide) groups is 1. The van der Waals surface area contributed by atoms with Crippen molar-refractivity contribution in [3.8, 4) is 0 Å². The smallest absolute Gasteiger partial charge is 0.00833 e. The summed E-state index contributed by atoms with van der Waals surface area (Å²) in [5, 5.41) is 3.43. The molecule has 0 bridgehead atoms. The third kappa shape index (κ3) is 2.90. The van der Waals surface area contributed by atoms with E-state index in [0.29, 0.717) is 0 Å². The molecule has 0 unspecified atom stereocenters. The summed E-state index contributed by atoms with van der Waals surface area (Å²) < 4.78 is 0. The first-order chi connectivity index (χ1) is 4.93. The van der Waals surface area contributed by atoms with Crippen LogP contribution in [0.1, 0.15) is 12.8 Å². The second-order valence-corrected chi connectivity index (χ2v) is 3.85. The third-order valence-electron chi connectivity index (χ3n) is 1.80. The zero-order chi connectivity index (χ0) is 7.23. The van der Waals surface area contributed by atoms with Gasteiger partial charge in [-0.25, -0.2) is 0 Å². The van der Waals surface area contributed by atoms with E-state index < -0.39 is 0 Å². The number of nitrogens with one attached hydrogen (secondary N) is 1. The average Bonchev–Trinajstić information content (AvgIpc) is 2.03. The molecule has 1 heterocycles. The molecule has 10 heavy (non-hydrogen) atoms. The van der Waals surface area contributed by atoms with Gasteiger partial charge in [-0.05, 0) is 24.3 Å². The summed E-state index contributed by atoms with van der Waals surface area (Å²) in [6, 6.07) is 0.754. The molecule has 0 amide bonds. The van der Waals surface area contributed by atoms with Gasteiger partial charge in [-0.3, -0.25) is 0 Å². The Morgan fingerprint density at radius 3 is 2.70 bits per heavy atom. The SMILES string of the molecule is NCCNC1CCSCC1. The van der Waals surface area contributed by atoms with Gasteiger partial charge in [0.1, 0.15) is 0 Å². The van der Waals surface area contributed by atoms with Crippen LogP contribution < -0.4 is 11.1 Å². The second-order valence-electron chi connectivity index (χ2n) is 2.63. The Balaban J connectivity index is 2.02. The lowest BCUT2D eigenvalue weighted by molar-refractivity contribution is 0.489. The Kier molecular flexibility index (Phi) is 4.18. The van der Waals surface area contributed by atoms with Gasteiger partial charge in [0.25, 0.3) is 0 Å². The van der Waals surface area contributed by atoms with Gasteiger partial charge >= 0.3 is 0 Å². The first-order valence-electron chi connectivity index (χ1n) is 3.94. The van der Waals surface area contributed by atoms with E-state index >= 15 is 0 Å². The summed E-state index contributed by atoms with van der Waals surface area (Å²) in [7, 11) is 0. The highest BCUT2D eigenvalue weighted by Gasteiger charge is 2.11. The van der Waals surface area contributed by atoms with E-state index in [2.05, 4.69) is 17.1 Å². The van der Waals surface area contributed by atoms with Crippen molar-refractivity contribution in [2.24, 2.45) is 5.73 Å². The van der Waals surface area contributed by atoms with E-state index in [1.807, 2.05) is 0 Å². The molecule has 0 aliphatic carbocycles. The van der Waals surface area contributed by atoms with Crippen molar-refractivity contribution < 1.29 is 0 Å². The van der Waals surface area contributed by atoms with Crippen LogP contribution in [0.5, 0.6) is 0 Å². The third-order valence-corrected chi connectivity index (χ3v) is 2.85. The normalized spacial score (nSPS) is 21.3. The number of rotatable bonds is 3. The average molecular weight is 160 g/mol. The molecule has 0 radical (unpaired) electrons. The maximum Gasteiger partial charge on any atom is 0.00833 e. The van der Waals surface area contributed by atoms with E-state index in [4.69, 9.17) is 5.73 Å². The van der Waals surface area contributed by atoms with Crippen LogP contribution in [-0.4, -0.2) is 30.6 Å². The number of hydrogen-bond acceptors (Lipinski definition) is 3. The maximum absolute atomic E-state index is 5.38. The predicted octanol–water partition coefficient (Wildman–Crippen LogP) is 0.430. The molecule has 3 N–H and O–H groups in total. The van der Waals surface area contributed by atoms with Gasteiger partial charge in [0, 0.05) is 19.1 Å². The molecule has 0 saturated carbocycles. The van der Waals surface area contributed by atoms with Crippen molar-refractivity contribution in [2.75, 3.05) is 24.6 Å². The Labute approximate surface area is 66.9 Å². The van der Waals surface area contributed by atoms with Crippen LogP contribution in [0.2, 0.25) is 0 Å². The van der Waals surface area contributed by atoms with Crippen molar-refractivity contribution in [3.05, 3.63) is 0 Å². The van der Waals surface area contributed by atoms with Gasteiger partial charge < -0.3 is 11.1 Å². The van der Waals surface area contributed by atoms with Crippen molar-refractivity contribution >= 4 is 11.8 Å². The highest BCUT2D eigenvalue weighted by molar-refractivity contribution is 7.99. The summed E-state index contributed by atoms with van der Waals surface area (Å²) >= 11 is 2.06. The van der Waals surface area contributed by atoms with Crippen LogP contribution in [0, 0.1) is 0 Å². The summed E-state index contributed by atoms with van der Waals surface area (Å²) in [6.45, 7) is 1.75. The first-order valence-corrected chi connectivity index (χ1v) is 5.10. The standard InChI is InChI=1S/C7H16N2S/c8-3-4-9-7-1-5-10-6-2-7/h7,9H,1-6,8H2. The molecule has 60 valence electrons. The van der Waals surface area contributed by atoms with Gasteiger partial charge in [0.05, 0.1) is 0 Å². The molecule has 1 fully saturated rings. The quantitative estimate of drug-likeness (QED) is 0.629. The van der Waals surface area contributed by atoms with Gasteiger partial charge in [0.2, 0.25) is 0 Å². The molecule has 1 aliphatic rings. The molecule has 0 aromatic rings.